The molecule has 0 aliphatic carbocycles. The SMILES string of the molecule is O=C(O)CCC(=O)Nc1nnc(SCC2=C(C(=O)O)N3C(=O)C(NC(=O)[C@@H](NC(=O)c4cc(Cl)ccc4O)c4ccccc4)[C@@H]3SC2)s1. The van der Waals surface area contributed by atoms with Crippen LogP contribution in [-0.2, 0) is 24.0 Å². The summed E-state index contributed by atoms with van der Waals surface area (Å²) in [6, 6.07) is 9.81. The lowest BCUT2D eigenvalue weighted by Crippen LogP contribution is -2.71. The smallest absolute Gasteiger partial charge is 0.352 e. The highest BCUT2D eigenvalue weighted by Crippen LogP contribution is 2.42. The fourth-order valence-electron chi connectivity index (χ4n) is 4.75. The summed E-state index contributed by atoms with van der Waals surface area (Å²) in [6.07, 6.45) is -0.568. The van der Waals surface area contributed by atoms with Gasteiger partial charge in [0.1, 0.15) is 28.9 Å². The predicted octanol–water partition coefficient (Wildman–Crippen LogP) is 2.70. The number of halogens is 1. The van der Waals surface area contributed by atoms with Crippen LogP contribution in [0.2, 0.25) is 5.02 Å². The van der Waals surface area contributed by atoms with E-state index in [9.17, 15) is 39.0 Å². The van der Waals surface area contributed by atoms with Crippen molar-refractivity contribution in [1.29, 1.82) is 0 Å². The van der Waals surface area contributed by atoms with E-state index in [2.05, 4.69) is 26.1 Å². The molecule has 4 amide bonds. The number of rotatable bonds is 13. The summed E-state index contributed by atoms with van der Waals surface area (Å²) in [6.45, 7) is 0. The summed E-state index contributed by atoms with van der Waals surface area (Å²) in [5.74, 6) is -5.11. The highest BCUT2D eigenvalue weighted by molar-refractivity contribution is 8.02. The van der Waals surface area contributed by atoms with Gasteiger partial charge in [-0.05, 0) is 29.3 Å². The Hall–Kier alpha value is -4.65. The lowest BCUT2D eigenvalue weighted by atomic mass is 10.0. The lowest BCUT2D eigenvalue weighted by molar-refractivity contribution is -0.151. The van der Waals surface area contributed by atoms with E-state index in [0.29, 0.717) is 15.5 Å². The monoisotopic (exact) mass is 732 g/mol. The van der Waals surface area contributed by atoms with Gasteiger partial charge in [-0.25, -0.2) is 4.79 Å². The number of hydrogen-bond donors (Lipinski definition) is 6. The normalized spacial score (nSPS) is 17.5. The predicted molar refractivity (Wildman–Crippen MR) is 176 cm³/mol. The number of phenols is 1. The summed E-state index contributed by atoms with van der Waals surface area (Å²) in [4.78, 5) is 75.9. The summed E-state index contributed by atoms with van der Waals surface area (Å²) < 4.78 is 0.410. The van der Waals surface area contributed by atoms with Crippen molar-refractivity contribution in [3.63, 3.8) is 0 Å². The number of anilines is 1. The van der Waals surface area contributed by atoms with Gasteiger partial charge >= 0.3 is 11.9 Å². The van der Waals surface area contributed by atoms with Crippen molar-refractivity contribution >= 4 is 87.2 Å². The van der Waals surface area contributed by atoms with Gasteiger partial charge in [-0.2, -0.15) is 0 Å². The molecule has 0 bridgehead atoms. The Morgan fingerprint density at radius 2 is 1.81 bits per heavy atom. The molecule has 3 atom stereocenters. The summed E-state index contributed by atoms with van der Waals surface area (Å²) in [5, 5.41) is 44.1. The number of β-lactam (4-membered cyclic amide) rings is 1. The van der Waals surface area contributed by atoms with E-state index in [1.165, 1.54) is 30.0 Å². The number of amides is 4. The number of phenolic OH excluding ortho intramolecular Hbond substituents is 1. The standard InChI is InChI=1S/C29H25ClN6O9S3/c30-15-6-7-17(37)16(10-15)23(41)32-20(13-4-2-1-3-5-13)24(42)33-21-25(43)36-22(27(44)45)14(11-46-26(21)36)12-47-29-35-34-28(48-29)31-18(38)8-9-19(39)40/h1-7,10,20-21,26,37H,8-9,11-12H2,(H,32,41)(H,33,42)(H,39,40)(H,44,45)(H,31,34,38)/t20-,21?,26-/m0/s1. The molecule has 48 heavy (non-hydrogen) atoms. The third-order valence-electron chi connectivity index (χ3n) is 7.01. The maximum atomic E-state index is 13.6. The molecule has 3 heterocycles. The zero-order valence-corrected chi connectivity index (χ0v) is 27.6. The number of aromatic hydroxyl groups is 1. The van der Waals surface area contributed by atoms with Gasteiger partial charge in [-0.3, -0.25) is 28.9 Å². The van der Waals surface area contributed by atoms with Crippen molar-refractivity contribution in [2.75, 3.05) is 16.8 Å². The number of aliphatic carboxylic acids is 2. The second kappa shape index (κ2) is 15.1. The summed E-state index contributed by atoms with van der Waals surface area (Å²) in [5.41, 5.74) is 0.467. The Balaban J connectivity index is 1.26. The highest BCUT2D eigenvalue weighted by Gasteiger charge is 2.54. The molecule has 19 heteroatoms. The first-order chi connectivity index (χ1) is 22.9. The molecule has 0 spiro atoms. The van der Waals surface area contributed by atoms with Crippen molar-refractivity contribution in [2.45, 2.75) is 34.6 Å². The fraction of sp³-hybridized carbons (Fsp3) is 0.241. The van der Waals surface area contributed by atoms with E-state index in [1.807, 2.05) is 0 Å². The molecule has 1 fully saturated rings. The van der Waals surface area contributed by atoms with Gasteiger partial charge in [0.15, 0.2) is 4.34 Å². The number of carboxylic acid groups (broad SMARTS) is 2. The molecule has 15 nitrogen and oxygen atoms in total. The van der Waals surface area contributed by atoms with Crippen LogP contribution in [0.25, 0.3) is 0 Å². The minimum atomic E-state index is -1.33. The zero-order valence-electron chi connectivity index (χ0n) is 24.4. The minimum Gasteiger partial charge on any atom is -0.507 e. The van der Waals surface area contributed by atoms with E-state index in [1.54, 1.807) is 30.3 Å². The van der Waals surface area contributed by atoms with Crippen LogP contribution in [-0.4, -0.2) is 88.9 Å². The van der Waals surface area contributed by atoms with Crippen LogP contribution in [0.4, 0.5) is 5.13 Å². The minimum absolute atomic E-state index is 0.141. The molecule has 1 saturated heterocycles. The average Bonchev–Trinajstić information content (AvgIpc) is 3.51. The zero-order chi connectivity index (χ0) is 34.5. The molecular weight excluding hydrogens is 708 g/mol. The van der Waals surface area contributed by atoms with Crippen LogP contribution < -0.4 is 16.0 Å². The first-order valence-corrected chi connectivity index (χ1v) is 17.2. The van der Waals surface area contributed by atoms with E-state index in [-0.39, 0.29) is 51.5 Å². The molecule has 3 aromatic rings. The van der Waals surface area contributed by atoms with Crippen LogP contribution in [0.5, 0.6) is 5.75 Å². The molecule has 6 N–H and O–H groups in total. The molecule has 1 aromatic heterocycles. The molecule has 250 valence electrons. The number of carbonyl (C=O) groups is 6. The number of aromatic nitrogens is 2. The topological polar surface area (TPSA) is 228 Å². The number of nitrogens with one attached hydrogen (secondary N) is 3. The molecule has 0 saturated carbocycles. The quantitative estimate of drug-likeness (QED) is 0.0845. The first kappa shape index (κ1) is 34.7. The van der Waals surface area contributed by atoms with E-state index in [4.69, 9.17) is 16.7 Å². The van der Waals surface area contributed by atoms with Gasteiger partial charge < -0.3 is 31.3 Å². The lowest BCUT2D eigenvalue weighted by Gasteiger charge is -2.49. The van der Waals surface area contributed by atoms with Crippen molar-refractivity contribution < 1.29 is 44.1 Å². The van der Waals surface area contributed by atoms with Crippen LogP contribution in [0.15, 0.2) is 64.1 Å². The summed E-state index contributed by atoms with van der Waals surface area (Å²) in [7, 11) is 0. The second-order valence-corrected chi connectivity index (χ2v) is 14.0. The van der Waals surface area contributed by atoms with Crippen molar-refractivity contribution in [2.24, 2.45) is 0 Å². The molecule has 0 radical (unpaired) electrons. The Bertz CT molecular complexity index is 1820. The van der Waals surface area contributed by atoms with Gasteiger partial charge in [-0.15, -0.1) is 22.0 Å². The number of carboxylic acids is 2. The third kappa shape index (κ3) is 7.89. The highest BCUT2D eigenvalue weighted by atomic mass is 35.5. The Morgan fingerprint density at radius 1 is 1.06 bits per heavy atom. The Labute approximate surface area is 289 Å². The Morgan fingerprint density at radius 3 is 2.52 bits per heavy atom. The Kier molecular flexibility index (Phi) is 10.9. The maximum absolute atomic E-state index is 13.6. The van der Waals surface area contributed by atoms with E-state index in [0.717, 1.165) is 28.0 Å². The number of carbonyl (C=O) groups excluding carboxylic acids is 4. The number of benzene rings is 2. The van der Waals surface area contributed by atoms with Gasteiger partial charge in [0.25, 0.3) is 11.8 Å². The van der Waals surface area contributed by atoms with Gasteiger partial charge in [0, 0.05) is 22.9 Å². The molecular formula is C29H25ClN6O9S3. The van der Waals surface area contributed by atoms with Crippen molar-refractivity contribution in [1.82, 2.24) is 25.7 Å². The summed E-state index contributed by atoms with van der Waals surface area (Å²) >= 11 is 9.43. The number of nitrogens with zero attached hydrogens (tertiary/aromatic N) is 3. The molecule has 2 aliphatic heterocycles. The van der Waals surface area contributed by atoms with Gasteiger partial charge in [-0.1, -0.05) is 65.0 Å². The number of thioether (sulfide) groups is 2. The maximum Gasteiger partial charge on any atom is 0.352 e. The molecule has 1 unspecified atom stereocenters. The first-order valence-electron chi connectivity index (χ1n) is 14.0. The van der Waals surface area contributed by atoms with Gasteiger partial charge in [0.2, 0.25) is 16.9 Å². The van der Waals surface area contributed by atoms with E-state index >= 15 is 0 Å². The average molecular weight is 733 g/mol. The van der Waals surface area contributed by atoms with Crippen LogP contribution >= 0.6 is 46.5 Å². The second-order valence-electron chi connectivity index (χ2n) is 10.2. The largest absolute Gasteiger partial charge is 0.507 e. The molecule has 2 aromatic carbocycles. The van der Waals surface area contributed by atoms with Crippen LogP contribution in [0.3, 0.4) is 0 Å². The fourth-order valence-corrected chi connectivity index (χ4v) is 8.17. The van der Waals surface area contributed by atoms with Crippen molar-refractivity contribution in [3.8, 4) is 5.75 Å². The van der Waals surface area contributed by atoms with E-state index < -0.39 is 53.0 Å². The number of fused-ring (bicyclic) bond motifs is 1. The third-order valence-corrected chi connectivity index (χ3v) is 10.6. The van der Waals surface area contributed by atoms with Crippen LogP contribution in [0, 0.1) is 0 Å². The van der Waals surface area contributed by atoms with Crippen LogP contribution in [0.1, 0.15) is 34.8 Å². The molecule has 5 rings (SSSR count). The van der Waals surface area contributed by atoms with Gasteiger partial charge in [0.05, 0.1) is 12.0 Å². The van der Waals surface area contributed by atoms with Crippen molar-refractivity contribution in [3.05, 3.63) is 76.0 Å². The molecule has 2 aliphatic rings. The number of hydrogen-bond acceptors (Lipinski definition) is 12.